The lowest BCUT2D eigenvalue weighted by Gasteiger charge is -2.08. The molecule has 0 unspecified atom stereocenters. The smallest absolute Gasteiger partial charge is 0.290 e. The van der Waals surface area contributed by atoms with Crippen LogP contribution in [0.5, 0.6) is 5.75 Å². The van der Waals surface area contributed by atoms with E-state index in [0.717, 1.165) is 29.5 Å². The van der Waals surface area contributed by atoms with Crippen LogP contribution in [-0.4, -0.2) is 17.8 Å². The van der Waals surface area contributed by atoms with E-state index in [1.807, 2.05) is 24.3 Å². The van der Waals surface area contributed by atoms with Gasteiger partial charge in [-0.25, -0.2) is 0 Å². The molecule has 20 heavy (non-hydrogen) atoms. The van der Waals surface area contributed by atoms with Gasteiger partial charge in [0, 0.05) is 0 Å². The summed E-state index contributed by atoms with van der Waals surface area (Å²) in [7, 11) is 0. The molecule has 1 saturated heterocycles. The van der Waals surface area contributed by atoms with Crippen LogP contribution in [0, 0.1) is 5.92 Å². The molecule has 1 aliphatic heterocycles. The number of hydrogen-bond donors (Lipinski definition) is 1. The van der Waals surface area contributed by atoms with Gasteiger partial charge in [-0.1, -0.05) is 26.0 Å². The Hall–Kier alpha value is -1.75. The number of ether oxygens (including phenoxy) is 1. The largest absolute Gasteiger partial charge is 0.494 e. The van der Waals surface area contributed by atoms with Crippen molar-refractivity contribution >= 4 is 29.0 Å². The third-order valence-electron chi connectivity index (χ3n) is 2.78. The molecule has 1 aliphatic rings. The second-order valence-corrected chi connectivity index (χ2v) is 5.97. The van der Waals surface area contributed by atoms with Gasteiger partial charge in [0.15, 0.2) is 0 Å². The Morgan fingerprint density at radius 2 is 1.95 bits per heavy atom. The topological polar surface area (TPSA) is 55.4 Å². The number of thioether (sulfide) groups is 1. The van der Waals surface area contributed by atoms with Crippen molar-refractivity contribution in [2.75, 3.05) is 6.61 Å². The summed E-state index contributed by atoms with van der Waals surface area (Å²) in [5.41, 5.74) is 0.869. The highest BCUT2D eigenvalue weighted by Crippen LogP contribution is 2.26. The zero-order chi connectivity index (χ0) is 14.5. The Morgan fingerprint density at radius 1 is 1.25 bits per heavy atom. The molecule has 1 aromatic rings. The third-order valence-corrected chi connectivity index (χ3v) is 3.59. The van der Waals surface area contributed by atoms with Gasteiger partial charge >= 0.3 is 0 Å². The minimum Gasteiger partial charge on any atom is -0.494 e. The maximum atomic E-state index is 11.4. The van der Waals surface area contributed by atoms with Gasteiger partial charge < -0.3 is 4.74 Å². The molecule has 1 aromatic carbocycles. The van der Waals surface area contributed by atoms with Gasteiger partial charge in [-0.15, -0.1) is 0 Å². The van der Waals surface area contributed by atoms with Crippen molar-refractivity contribution in [2.45, 2.75) is 20.3 Å². The predicted molar refractivity (Wildman–Crippen MR) is 80.5 cm³/mol. The summed E-state index contributed by atoms with van der Waals surface area (Å²) in [4.78, 5) is 22.9. The Balaban J connectivity index is 1.96. The number of hydrogen-bond acceptors (Lipinski definition) is 4. The highest BCUT2D eigenvalue weighted by molar-refractivity contribution is 8.18. The Labute approximate surface area is 122 Å². The van der Waals surface area contributed by atoms with Gasteiger partial charge in [0.2, 0.25) is 0 Å². The van der Waals surface area contributed by atoms with Gasteiger partial charge in [0.25, 0.3) is 11.1 Å². The van der Waals surface area contributed by atoms with Crippen LogP contribution < -0.4 is 10.1 Å². The molecule has 0 bridgehead atoms. The van der Waals surface area contributed by atoms with Gasteiger partial charge in [0.1, 0.15) is 5.75 Å². The van der Waals surface area contributed by atoms with E-state index in [4.69, 9.17) is 4.74 Å². The van der Waals surface area contributed by atoms with E-state index >= 15 is 0 Å². The predicted octanol–water partition coefficient (Wildman–Crippen LogP) is 3.44. The summed E-state index contributed by atoms with van der Waals surface area (Å²) in [5, 5.41) is 1.90. The zero-order valence-corrected chi connectivity index (χ0v) is 12.3. The van der Waals surface area contributed by atoms with Crippen molar-refractivity contribution in [3.05, 3.63) is 34.7 Å². The van der Waals surface area contributed by atoms with Crippen molar-refractivity contribution in [1.82, 2.24) is 5.32 Å². The molecule has 0 aromatic heterocycles. The third kappa shape index (κ3) is 4.13. The van der Waals surface area contributed by atoms with E-state index in [9.17, 15) is 9.59 Å². The maximum Gasteiger partial charge on any atom is 0.290 e. The standard InChI is InChI=1S/C15H17NO3S/c1-10(2)7-8-19-12-5-3-11(4-6-12)9-13-14(17)16-15(18)20-13/h3-6,9-10H,7-8H2,1-2H3,(H,16,17,18). The van der Waals surface area contributed by atoms with Crippen LogP contribution in [0.2, 0.25) is 0 Å². The fraction of sp³-hybridized carbons (Fsp3) is 0.333. The molecule has 1 heterocycles. The Bertz CT molecular complexity index is 535. The minimum absolute atomic E-state index is 0.324. The number of rotatable bonds is 5. The summed E-state index contributed by atoms with van der Waals surface area (Å²) >= 11 is 0.920. The molecule has 0 spiro atoms. The van der Waals surface area contributed by atoms with Crippen molar-refractivity contribution in [3.63, 3.8) is 0 Å². The van der Waals surface area contributed by atoms with Gasteiger partial charge in [-0.3, -0.25) is 14.9 Å². The molecule has 106 valence electrons. The monoisotopic (exact) mass is 291 g/mol. The summed E-state index contributed by atoms with van der Waals surface area (Å²) < 4.78 is 5.62. The second-order valence-electron chi connectivity index (χ2n) is 4.95. The first kappa shape index (κ1) is 14.7. The van der Waals surface area contributed by atoms with Crippen LogP contribution in [0.4, 0.5) is 4.79 Å². The molecule has 1 N–H and O–H groups in total. The average molecular weight is 291 g/mol. The van der Waals surface area contributed by atoms with E-state index < -0.39 is 0 Å². The Morgan fingerprint density at radius 3 is 2.50 bits per heavy atom. The number of imide groups is 1. The Kier molecular flexibility index (Phi) is 4.84. The first-order valence-corrected chi connectivity index (χ1v) is 7.34. The van der Waals surface area contributed by atoms with E-state index in [0.29, 0.717) is 17.4 Å². The summed E-state index contributed by atoms with van der Waals surface area (Å²) in [6.07, 6.45) is 2.72. The highest BCUT2D eigenvalue weighted by Gasteiger charge is 2.24. The van der Waals surface area contributed by atoms with Crippen molar-refractivity contribution in [1.29, 1.82) is 0 Å². The molecular formula is C15H17NO3S. The molecule has 0 radical (unpaired) electrons. The van der Waals surface area contributed by atoms with Crippen molar-refractivity contribution in [2.24, 2.45) is 5.92 Å². The fourth-order valence-corrected chi connectivity index (χ4v) is 2.33. The van der Waals surface area contributed by atoms with Gasteiger partial charge in [0.05, 0.1) is 11.5 Å². The maximum absolute atomic E-state index is 11.4. The van der Waals surface area contributed by atoms with Gasteiger partial charge in [-0.2, -0.15) is 0 Å². The number of amides is 2. The van der Waals surface area contributed by atoms with E-state index in [1.165, 1.54) is 0 Å². The molecule has 2 amide bonds. The molecular weight excluding hydrogens is 274 g/mol. The van der Waals surface area contributed by atoms with Crippen molar-refractivity contribution in [3.8, 4) is 5.75 Å². The average Bonchev–Trinajstić information content (AvgIpc) is 2.69. The number of carbonyl (C=O) groups excluding carboxylic acids is 2. The van der Waals surface area contributed by atoms with Crippen LogP contribution in [0.15, 0.2) is 29.2 Å². The number of nitrogens with one attached hydrogen (secondary N) is 1. The van der Waals surface area contributed by atoms with E-state index in [2.05, 4.69) is 19.2 Å². The minimum atomic E-state index is -0.336. The van der Waals surface area contributed by atoms with E-state index in [-0.39, 0.29) is 11.1 Å². The molecule has 0 atom stereocenters. The number of benzene rings is 1. The molecule has 0 saturated carbocycles. The molecule has 1 fully saturated rings. The zero-order valence-electron chi connectivity index (χ0n) is 11.5. The lowest BCUT2D eigenvalue weighted by Crippen LogP contribution is -2.17. The fourth-order valence-electron chi connectivity index (χ4n) is 1.65. The van der Waals surface area contributed by atoms with Crippen LogP contribution in [0.1, 0.15) is 25.8 Å². The van der Waals surface area contributed by atoms with Crippen LogP contribution >= 0.6 is 11.8 Å². The first-order valence-electron chi connectivity index (χ1n) is 6.52. The van der Waals surface area contributed by atoms with Crippen LogP contribution in [0.3, 0.4) is 0 Å². The molecule has 5 heteroatoms. The normalized spacial score (nSPS) is 16.9. The second kappa shape index (κ2) is 6.61. The number of carbonyl (C=O) groups is 2. The van der Waals surface area contributed by atoms with Gasteiger partial charge in [-0.05, 0) is 47.9 Å². The summed E-state index contributed by atoms with van der Waals surface area (Å²) in [6.45, 7) is 5.01. The highest BCUT2D eigenvalue weighted by atomic mass is 32.2. The van der Waals surface area contributed by atoms with E-state index in [1.54, 1.807) is 6.08 Å². The van der Waals surface area contributed by atoms with Crippen LogP contribution in [-0.2, 0) is 4.79 Å². The lowest BCUT2D eigenvalue weighted by atomic mass is 10.1. The van der Waals surface area contributed by atoms with Crippen LogP contribution in [0.25, 0.3) is 6.08 Å². The van der Waals surface area contributed by atoms with Crippen molar-refractivity contribution < 1.29 is 14.3 Å². The summed E-state index contributed by atoms with van der Waals surface area (Å²) in [6, 6.07) is 7.47. The molecule has 4 nitrogen and oxygen atoms in total. The first-order chi connectivity index (χ1) is 9.54. The molecule has 0 aliphatic carbocycles. The SMILES string of the molecule is CC(C)CCOc1ccc(C=C2SC(=O)NC2=O)cc1. The molecule has 2 rings (SSSR count). The summed E-state index contributed by atoms with van der Waals surface area (Å²) in [5.74, 6) is 1.10. The quantitative estimate of drug-likeness (QED) is 0.844. The lowest BCUT2D eigenvalue weighted by molar-refractivity contribution is -0.115.